The predicted octanol–water partition coefficient (Wildman–Crippen LogP) is 1.86. The number of rotatable bonds is 4. The van der Waals surface area contributed by atoms with Crippen molar-refractivity contribution in [3.05, 3.63) is 78.4 Å². The van der Waals surface area contributed by atoms with Gasteiger partial charge in [-0.05, 0) is 18.1 Å². The van der Waals surface area contributed by atoms with Crippen LogP contribution in [0.4, 0.5) is 5.69 Å². The van der Waals surface area contributed by atoms with Gasteiger partial charge in [0.05, 0.1) is 11.8 Å². The lowest BCUT2D eigenvalue weighted by molar-refractivity contribution is -0.141. The number of para-hydroxylation sites is 1. The van der Waals surface area contributed by atoms with Crippen LogP contribution in [-0.4, -0.2) is 42.3 Å². The molecule has 0 aromatic heterocycles. The minimum absolute atomic E-state index is 0.189. The molecule has 3 aliphatic heterocycles. The van der Waals surface area contributed by atoms with E-state index >= 15 is 0 Å². The lowest BCUT2D eigenvalue weighted by Crippen LogP contribution is -2.55. The van der Waals surface area contributed by atoms with Gasteiger partial charge in [-0.1, -0.05) is 54.6 Å². The lowest BCUT2D eigenvalue weighted by Gasteiger charge is -2.30. The molecular formula is C24H23N3O3. The molecule has 152 valence electrons. The van der Waals surface area contributed by atoms with Crippen molar-refractivity contribution in [1.82, 2.24) is 10.2 Å². The zero-order valence-electron chi connectivity index (χ0n) is 16.7. The van der Waals surface area contributed by atoms with Gasteiger partial charge in [0.2, 0.25) is 11.8 Å². The average Bonchev–Trinajstić information content (AvgIpc) is 3.30. The van der Waals surface area contributed by atoms with Crippen LogP contribution in [0.15, 0.2) is 67.3 Å². The normalized spacial score (nSPS) is 29.6. The summed E-state index contributed by atoms with van der Waals surface area (Å²) >= 11 is 0. The van der Waals surface area contributed by atoms with Crippen molar-refractivity contribution in [1.29, 1.82) is 0 Å². The Morgan fingerprint density at radius 1 is 1.03 bits per heavy atom. The third-order valence-electron chi connectivity index (χ3n) is 6.70. The van der Waals surface area contributed by atoms with E-state index < -0.39 is 17.4 Å². The Kier molecular flexibility index (Phi) is 4.15. The fraction of sp³-hybridized carbons (Fsp3) is 0.292. The Bertz CT molecular complexity index is 1070. The third-order valence-corrected chi connectivity index (χ3v) is 6.70. The molecule has 1 N–H and O–H groups in total. The van der Waals surface area contributed by atoms with E-state index in [4.69, 9.17) is 0 Å². The first kappa shape index (κ1) is 18.8. The first-order chi connectivity index (χ1) is 14.5. The van der Waals surface area contributed by atoms with Crippen molar-refractivity contribution in [3.63, 3.8) is 0 Å². The summed E-state index contributed by atoms with van der Waals surface area (Å²) < 4.78 is 0. The van der Waals surface area contributed by atoms with Gasteiger partial charge in [0, 0.05) is 30.9 Å². The second kappa shape index (κ2) is 6.64. The molecule has 1 spiro atoms. The van der Waals surface area contributed by atoms with E-state index in [2.05, 4.69) is 11.9 Å². The third kappa shape index (κ3) is 2.31. The summed E-state index contributed by atoms with van der Waals surface area (Å²) in [6.45, 7) is 4.12. The Hall–Kier alpha value is -3.25. The maximum Gasteiger partial charge on any atom is 0.253 e. The number of carbonyl (C=O) groups excluding carboxylic acids is 3. The van der Waals surface area contributed by atoms with Crippen molar-refractivity contribution >= 4 is 23.4 Å². The van der Waals surface area contributed by atoms with Gasteiger partial charge in [-0.15, -0.1) is 6.58 Å². The predicted molar refractivity (Wildman–Crippen MR) is 112 cm³/mol. The number of likely N-dealkylation sites (tertiary alicyclic amines) is 1. The quantitative estimate of drug-likeness (QED) is 0.627. The molecule has 4 atom stereocenters. The van der Waals surface area contributed by atoms with Crippen LogP contribution in [0.5, 0.6) is 0 Å². The number of hydrogen-bond acceptors (Lipinski definition) is 4. The first-order valence-electron chi connectivity index (χ1n) is 10.2. The Morgan fingerprint density at radius 3 is 2.47 bits per heavy atom. The number of nitrogens with one attached hydrogen (secondary N) is 1. The molecule has 2 aromatic carbocycles. The fourth-order valence-corrected chi connectivity index (χ4v) is 5.44. The van der Waals surface area contributed by atoms with E-state index in [9.17, 15) is 14.4 Å². The number of carbonyl (C=O) groups is 3. The number of imide groups is 1. The molecule has 6 nitrogen and oxygen atoms in total. The molecule has 0 bridgehead atoms. The van der Waals surface area contributed by atoms with E-state index in [0.29, 0.717) is 13.0 Å². The molecule has 0 aliphatic carbocycles. The highest BCUT2D eigenvalue weighted by Crippen LogP contribution is 2.54. The van der Waals surface area contributed by atoms with Crippen LogP contribution in [0.2, 0.25) is 0 Å². The topological polar surface area (TPSA) is 69.7 Å². The molecule has 0 unspecified atom stereocenters. The van der Waals surface area contributed by atoms with Crippen molar-refractivity contribution in [2.75, 3.05) is 18.5 Å². The number of nitrogens with zero attached hydrogens (tertiary/aromatic N) is 2. The standard InChI is InChI=1S/C24H23N3O3/c1-3-13-27-18-12-8-7-11-16(18)24(23(27)30)20-19(21(28)26(2)22(20)29)17(25-24)14-15-9-5-4-6-10-15/h3-12,17,19-20,25H,1,13-14H2,2H3/t17-,19-,20+,24-/m1/s1. The summed E-state index contributed by atoms with van der Waals surface area (Å²) in [7, 11) is 1.52. The molecule has 3 aliphatic rings. The van der Waals surface area contributed by atoms with E-state index in [1.165, 1.54) is 11.9 Å². The number of amides is 3. The highest BCUT2D eigenvalue weighted by atomic mass is 16.2. The van der Waals surface area contributed by atoms with Crippen LogP contribution in [0.25, 0.3) is 0 Å². The maximum absolute atomic E-state index is 13.8. The zero-order valence-corrected chi connectivity index (χ0v) is 16.7. The largest absolute Gasteiger partial charge is 0.306 e. The van der Waals surface area contributed by atoms with Gasteiger partial charge < -0.3 is 4.90 Å². The molecular weight excluding hydrogens is 378 g/mol. The van der Waals surface area contributed by atoms with Crippen LogP contribution in [0, 0.1) is 11.8 Å². The number of benzene rings is 2. The Balaban J connectivity index is 1.66. The Morgan fingerprint density at radius 2 is 1.73 bits per heavy atom. The van der Waals surface area contributed by atoms with E-state index in [0.717, 1.165) is 16.8 Å². The van der Waals surface area contributed by atoms with E-state index in [-0.39, 0.29) is 23.8 Å². The molecule has 3 amide bonds. The number of hydrogen-bond donors (Lipinski definition) is 1. The van der Waals surface area contributed by atoms with Crippen molar-refractivity contribution in [2.24, 2.45) is 11.8 Å². The lowest BCUT2D eigenvalue weighted by atomic mass is 9.76. The van der Waals surface area contributed by atoms with Crippen LogP contribution >= 0.6 is 0 Å². The SMILES string of the molecule is C=CCN1C(=O)[C@@]2(N[C@H](Cc3ccccc3)[C@H]3C(=O)N(C)C(=O)[C@H]32)c2ccccc21. The monoisotopic (exact) mass is 401 g/mol. The molecule has 0 saturated carbocycles. The minimum atomic E-state index is -1.23. The Labute approximate surface area is 175 Å². The molecule has 0 radical (unpaired) electrons. The van der Waals surface area contributed by atoms with Gasteiger partial charge in [-0.3, -0.25) is 24.6 Å². The second-order valence-corrected chi connectivity index (χ2v) is 8.21. The van der Waals surface area contributed by atoms with Crippen LogP contribution in [-0.2, 0) is 26.3 Å². The summed E-state index contributed by atoms with van der Waals surface area (Å²) in [6.07, 6.45) is 2.24. The number of anilines is 1. The smallest absolute Gasteiger partial charge is 0.253 e. The van der Waals surface area contributed by atoms with Gasteiger partial charge in [0.15, 0.2) is 0 Å². The van der Waals surface area contributed by atoms with Gasteiger partial charge in [-0.25, -0.2) is 0 Å². The summed E-state index contributed by atoms with van der Waals surface area (Å²) in [5.41, 5.74) is 1.35. The zero-order chi connectivity index (χ0) is 21.0. The molecule has 2 fully saturated rings. The number of fused-ring (bicyclic) bond motifs is 4. The van der Waals surface area contributed by atoms with Crippen molar-refractivity contribution in [2.45, 2.75) is 18.0 Å². The maximum atomic E-state index is 13.8. The van der Waals surface area contributed by atoms with Gasteiger partial charge >= 0.3 is 0 Å². The average molecular weight is 401 g/mol. The van der Waals surface area contributed by atoms with Crippen LogP contribution in [0.1, 0.15) is 11.1 Å². The van der Waals surface area contributed by atoms with Gasteiger partial charge in [0.25, 0.3) is 5.91 Å². The van der Waals surface area contributed by atoms with Crippen LogP contribution in [0.3, 0.4) is 0 Å². The van der Waals surface area contributed by atoms with Crippen molar-refractivity contribution in [3.8, 4) is 0 Å². The summed E-state index contributed by atoms with van der Waals surface area (Å²) in [6, 6.07) is 17.1. The summed E-state index contributed by atoms with van der Waals surface area (Å²) in [5.74, 6) is -2.04. The first-order valence-corrected chi connectivity index (χ1v) is 10.2. The minimum Gasteiger partial charge on any atom is -0.306 e. The molecule has 2 saturated heterocycles. The van der Waals surface area contributed by atoms with E-state index in [1.807, 2.05) is 54.6 Å². The van der Waals surface area contributed by atoms with Crippen molar-refractivity contribution < 1.29 is 14.4 Å². The fourth-order valence-electron chi connectivity index (χ4n) is 5.44. The van der Waals surface area contributed by atoms with Gasteiger partial charge in [-0.2, -0.15) is 0 Å². The summed E-state index contributed by atoms with van der Waals surface area (Å²) in [5, 5.41) is 3.50. The summed E-state index contributed by atoms with van der Waals surface area (Å²) in [4.78, 5) is 43.0. The molecule has 3 heterocycles. The van der Waals surface area contributed by atoms with Crippen LogP contribution < -0.4 is 10.2 Å². The molecule has 6 heteroatoms. The molecule has 2 aromatic rings. The second-order valence-electron chi connectivity index (χ2n) is 8.21. The highest BCUT2D eigenvalue weighted by Gasteiger charge is 2.70. The van der Waals surface area contributed by atoms with Gasteiger partial charge in [0.1, 0.15) is 5.54 Å². The molecule has 5 rings (SSSR count). The van der Waals surface area contributed by atoms with E-state index in [1.54, 1.807) is 11.0 Å². The highest BCUT2D eigenvalue weighted by molar-refractivity contribution is 6.16. The molecule has 30 heavy (non-hydrogen) atoms.